The molecule has 4 amide bonds. The maximum atomic E-state index is 13.1. The van der Waals surface area contributed by atoms with Crippen molar-refractivity contribution in [1.29, 1.82) is 0 Å². The summed E-state index contributed by atoms with van der Waals surface area (Å²) in [5.74, 6) is -3.22. The Hall–Kier alpha value is -3.12. The molecule has 1 aromatic rings. The first-order valence-corrected chi connectivity index (χ1v) is 13.5. The van der Waals surface area contributed by atoms with Crippen molar-refractivity contribution in [1.82, 2.24) is 16.0 Å². The van der Waals surface area contributed by atoms with Gasteiger partial charge in [-0.15, -0.1) is 0 Å². The lowest BCUT2D eigenvalue weighted by Crippen LogP contribution is -2.57. The van der Waals surface area contributed by atoms with Crippen LogP contribution in [-0.2, 0) is 30.4 Å². The molecule has 0 saturated carbocycles. The topological polar surface area (TPSA) is 194 Å². The zero-order valence-corrected chi connectivity index (χ0v) is 22.4. The molecule has 0 spiro atoms. The lowest BCUT2D eigenvalue weighted by molar-refractivity contribution is -0.142. The Labute approximate surface area is 221 Å². The van der Waals surface area contributed by atoms with Gasteiger partial charge in [-0.05, 0) is 49.2 Å². The minimum absolute atomic E-state index is 0.0223. The van der Waals surface area contributed by atoms with Crippen LogP contribution in [0.1, 0.15) is 45.1 Å². The van der Waals surface area contributed by atoms with Gasteiger partial charge in [0.1, 0.15) is 18.1 Å². The molecular weight excluding hydrogens is 498 g/mol. The summed E-state index contributed by atoms with van der Waals surface area (Å²) < 4.78 is 0. The minimum Gasteiger partial charge on any atom is -0.480 e. The summed E-state index contributed by atoms with van der Waals surface area (Å²) in [5, 5.41) is 17.1. The van der Waals surface area contributed by atoms with Crippen molar-refractivity contribution in [3.63, 3.8) is 0 Å². The molecule has 0 aliphatic carbocycles. The molecule has 4 atom stereocenters. The molecule has 0 saturated heterocycles. The predicted molar refractivity (Wildman–Crippen MR) is 142 cm³/mol. The van der Waals surface area contributed by atoms with E-state index in [9.17, 15) is 29.1 Å². The van der Waals surface area contributed by atoms with E-state index in [-0.39, 0.29) is 38.0 Å². The summed E-state index contributed by atoms with van der Waals surface area (Å²) in [6.45, 7) is 3.67. The van der Waals surface area contributed by atoms with E-state index >= 15 is 0 Å². The van der Waals surface area contributed by atoms with Crippen molar-refractivity contribution in [2.75, 3.05) is 12.0 Å². The molecule has 12 heteroatoms. The summed E-state index contributed by atoms with van der Waals surface area (Å²) in [6.07, 6.45) is 2.26. The highest BCUT2D eigenvalue weighted by molar-refractivity contribution is 7.98. The number of primary amides is 1. The highest BCUT2D eigenvalue weighted by Crippen LogP contribution is 2.09. The number of thioether (sulfide) groups is 1. The average molecular weight is 538 g/mol. The van der Waals surface area contributed by atoms with Crippen LogP contribution in [-0.4, -0.2) is 70.9 Å². The van der Waals surface area contributed by atoms with Crippen LogP contribution in [0.5, 0.6) is 0 Å². The van der Waals surface area contributed by atoms with Crippen molar-refractivity contribution in [2.45, 2.75) is 70.1 Å². The molecule has 1 aromatic carbocycles. The summed E-state index contributed by atoms with van der Waals surface area (Å²) >= 11 is 1.45. The number of carboxylic acid groups (broad SMARTS) is 1. The third-order valence-corrected chi connectivity index (χ3v) is 6.16. The van der Waals surface area contributed by atoms with Crippen molar-refractivity contribution in [3.05, 3.63) is 35.9 Å². The number of rotatable bonds is 17. The Morgan fingerprint density at radius 2 is 1.43 bits per heavy atom. The molecule has 8 N–H and O–H groups in total. The molecular formula is C25H39N5O6S. The number of nitrogens with two attached hydrogens (primary N) is 2. The number of nitrogens with one attached hydrogen (secondary N) is 3. The number of carboxylic acids is 1. The normalized spacial score (nSPS) is 14.2. The molecule has 0 aliphatic rings. The predicted octanol–water partition coefficient (Wildman–Crippen LogP) is 0.160. The lowest BCUT2D eigenvalue weighted by atomic mass is 10.0. The van der Waals surface area contributed by atoms with Crippen molar-refractivity contribution < 1.29 is 29.1 Å². The SMILES string of the molecule is CSCCC(NC(=O)C(CCC(N)=O)NC(=O)C(N)Cc1ccccc1)C(=O)NC(CC(C)C)C(=O)O. The number of benzene rings is 1. The molecule has 206 valence electrons. The van der Waals surface area contributed by atoms with Gasteiger partial charge in [0.25, 0.3) is 0 Å². The van der Waals surface area contributed by atoms with Gasteiger partial charge in [0.15, 0.2) is 0 Å². The number of amides is 4. The first-order valence-electron chi connectivity index (χ1n) is 12.1. The summed E-state index contributed by atoms with van der Waals surface area (Å²) in [4.78, 5) is 61.7. The Bertz CT molecular complexity index is 914. The second-order valence-electron chi connectivity index (χ2n) is 9.23. The van der Waals surface area contributed by atoms with Gasteiger partial charge in [0, 0.05) is 6.42 Å². The van der Waals surface area contributed by atoms with E-state index in [4.69, 9.17) is 11.5 Å². The average Bonchev–Trinajstić information content (AvgIpc) is 2.83. The fraction of sp³-hybridized carbons (Fsp3) is 0.560. The van der Waals surface area contributed by atoms with Crippen molar-refractivity contribution >= 4 is 41.4 Å². The third-order valence-electron chi connectivity index (χ3n) is 5.51. The highest BCUT2D eigenvalue weighted by Gasteiger charge is 2.30. The van der Waals surface area contributed by atoms with Gasteiger partial charge in [-0.25, -0.2) is 4.79 Å². The number of hydrogen-bond acceptors (Lipinski definition) is 7. The van der Waals surface area contributed by atoms with Crippen LogP contribution < -0.4 is 27.4 Å². The molecule has 0 aromatic heterocycles. The quantitative estimate of drug-likeness (QED) is 0.162. The Morgan fingerprint density at radius 3 is 1.95 bits per heavy atom. The monoisotopic (exact) mass is 537 g/mol. The van der Waals surface area contributed by atoms with Crippen LogP contribution in [0.3, 0.4) is 0 Å². The molecule has 0 aliphatic heterocycles. The molecule has 0 heterocycles. The standard InChI is InChI=1S/C25H39N5O6S/c1-15(2)13-20(25(35)36)30-24(34)19(11-12-37-3)29-23(33)18(9-10-21(27)31)28-22(32)17(26)14-16-7-5-4-6-8-16/h4-8,15,17-20H,9-14,26H2,1-3H3,(H2,27,31)(H,28,32)(H,29,33)(H,30,34)(H,35,36). The van der Waals surface area contributed by atoms with Gasteiger partial charge in [0.2, 0.25) is 23.6 Å². The molecule has 0 bridgehead atoms. The maximum absolute atomic E-state index is 13.1. The lowest BCUT2D eigenvalue weighted by Gasteiger charge is -2.25. The van der Waals surface area contributed by atoms with Crippen LogP contribution in [0.15, 0.2) is 30.3 Å². The van der Waals surface area contributed by atoms with Crippen LogP contribution in [0.25, 0.3) is 0 Å². The molecule has 11 nitrogen and oxygen atoms in total. The van der Waals surface area contributed by atoms with Gasteiger partial charge >= 0.3 is 5.97 Å². The highest BCUT2D eigenvalue weighted by atomic mass is 32.2. The Balaban J connectivity index is 2.97. The van der Waals surface area contributed by atoms with Gasteiger partial charge in [-0.3, -0.25) is 19.2 Å². The number of carbonyl (C=O) groups is 5. The largest absolute Gasteiger partial charge is 0.480 e. The molecule has 0 radical (unpaired) electrons. The molecule has 4 unspecified atom stereocenters. The van der Waals surface area contributed by atoms with Crippen LogP contribution >= 0.6 is 11.8 Å². The summed E-state index contributed by atoms with van der Waals surface area (Å²) in [5.41, 5.74) is 12.1. The second-order valence-corrected chi connectivity index (χ2v) is 10.2. The smallest absolute Gasteiger partial charge is 0.326 e. The first-order chi connectivity index (χ1) is 17.4. The van der Waals surface area contributed by atoms with E-state index in [0.717, 1.165) is 5.56 Å². The number of carbonyl (C=O) groups excluding carboxylic acids is 4. The first kappa shape index (κ1) is 31.9. The third kappa shape index (κ3) is 12.6. The van der Waals surface area contributed by atoms with E-state index in [1.165, 1.54) is 11.8 Å². The zero-order valence-electron chi connectivity index (χ0n) is 21.6. The van der Waals surface area contributed by atoms with Gasteiger partial charge in [-0.2, -0.15) is 11.8 Å². The summed E-state index contributed by atoms with van der Waals surface area (Å²) in [7, 11) is 0. The molecule has 0 fully saturated rings. The van der Waals surface area contributed by atoms with Crippen LogP contribution in [0.4, 0.5) is 0 Å². The molecule has 37 heavy (non-hydrogen) atoms. The zero-order chi connectivity index (χ0) is 28.0. The van der Waals surface area contributed by atoms with Gasteiger partial charge < -0.3 is 32.5 Å². The van der Waals surface area contributed by atoms with E-state index in [1.54, 1.807) is 0 Å². The van der Waals surface area contributed by atoms with Crippen molar-refractivity contribution in [3.8, 4) is 0 Å². The van der Waals surface area contributed by atoms with E-state index in [1.807, 2.05) is 50.4 Å². The second kappa shape index (κ2) is 16.6. The van der Waals surface area contributed by atoms with Gasteiger partial charge in [0.05, 0.1) is 6.04 Å². The van der Waals surface area contributed by atoms with Crippen molar-refractivity contribution in [2.24, 2.45) is 17.4 Å². The van der Waals surface area contributed by atoms with E-state index in [2.05, 4.69) is 16.0 Å². The Morgan fingerprint density at radius 1 is 0.892 bits per heavy atom. The summed E-state index contributed by atoms with van der Waals surface area (Å²) in [6, 6.07) is 4.85. The Kier molecular flexibility index (Phi) is 14.3. The van der Waals surface area contributed by atoms with Gasteiger partial charge in [-0.1, -0.05) is 44.2 Å². The van der Waals surface area contributed by atoms with Crippen LogP contribution in [0.2, 0.25) is 0 Å². The number of aliphatic carboxylic acids is 1. The van der Waals surface area contributed by atoms with E-state index in [0.29, 0.717) is 5.75 Å². The molecule has 1 rings (SSSR count). The maximum Gasteiger partial charge on any atom is 0.326 e. The van der Waals surface area contributed by atoms with Crippen LogP contribution in [0, 0.1) is 5.92 Å². The minimum atomic E-state index is -1.17. The fourth-order valence-electron chi connectivity index (χ4n) is 3.54. The fourth-order valence-corrected chi connectivity index (χ4v) is 4.01. The van der Waals surface area contributed by atoms with E-state index < -0.39 is 53.8 Å². The number of hydrogen-bond donors (Lipinski definition) is 6.